The van der Waals surface area contributed by atoms with Crippen LogP contribution in [0.15, 0.2) is 52.2 Å². The van der Waals surface area contributed by atoms with Gasteiger partial charge in [0.05, 0.1) is 6.21 Å². The molecule has 1 amide bonds. The highest BCUT2D eigenvalue weighted by Crippen LogP contribution is 2.13. The van der Waals surface area contributed by atoms with E-state index in [1.165, 1.54) is 18.5 Å². The summed E-state index contributed by atoms with van der Waals surface area (Å²) < 4.78 is 14.1. The minimum absolute atomic E-state index is 0.246. The summed E-state index contributed by atoms with van der Waals surface area (Å²) in [5, 5.41) is 3.69. The smallest absolute Gasteiger partial charge is 0.266 e. The molecule has 0 aliphatic heterocycles. The molecule has 0 atom stereocenters. The van der Waals surface area contributed by atoms with Gasteiger partial charge in [0.15, 0.2) is 0 Å². The van der Waals surface area contributed by atoms with Crippen molar-refractivity contribution in [2.45, 2.75) is 0 Å². The second-order valence-corrected chi connectivity index (χ2v) is 4.50. The highest BCUT2D eigenvalue weighted by atomic mass is 79.9. The summed E-state index contributed by atoms with van der Waals surface area (Å²) in [6.45, 7) is 0. The van der Waals surface area contributed by atoms with Gasteiger partial charge in [-0.2, -0.15) is 5.10 Å². The van der Waals surface area contributed by atoms with E-state index in [0.717, 1.165) is 0 Å². The molecule has 2 rings (SSSR count). The average Bonchev–Trinajstić information content (AvgIpc) is 2.42. The number of aromatic nitrogens is 1. The molecule has 6 heteroatoms. The number of nitrogens with one attached hydrogen (secondary N) is 1. The number of nitrogens with zero attached hydrogens (tertiary/aromatic N) is 2. The van der Waals surface area contributed by atoms with E-state index in [1.54, 1.807) is 30.3 Å². The van der Waals surface area contributed by atoms with Crippen LogP contribution in [0.3, 0.4) is 0 Å². The van der Waals surface area contributed by atoms with Crippen LogP contribution in [-0.4, -0.2) is 17.1 Å². The van der Waals surface area contributed by atoms with Crippen molar-refractivity contribution >= 4 is 28.1 Å². The minimum atomic E-state index is -0.450. The number of hydrazone groups is 1. The number of hydrogen-bond acceptors (Lipinski definition) is 3. The van der Waals surface area contributed by atoms with Gasteiger partial charge in [0.1, 0.15) is 11.5 Å². The molecular formula is C13H9BrFN3O. The molecule has 0 spiro atoms. The van der Waals surface area contributed by atoms with E-state index >= 15 is 0 Å². The lowest BCUT2D eigenvalue weighted by atomic mass is 10.2. The second-order valence-electron chi connectivity index (χ2n) is 3.58. The van der Waals surface area contributed by atoms with Crippen molar-refractivity contribution in [3.05, 3.63) is 64.1 Å². The maximum absolute atomic E-state index is 13.5. The van der Waals surface area contributed by atoms with E-state index < -0.39 is 11.7 Å². The molecule has 0 unspecified atom stereocenters. The molecule has 0 saturated carbocycles. The Labute approximate surface area is 117 Å². The maximum Gasteiger partial charge on any atom is 0.289 e. The van der Waals surface area contributed by atoms with Crippen LogP contribution in [-0.2, 0) is 0 Å². The Balaban J connectivity index is 2.02. The van der Waals surface area contributed by atoms with Crippen LogP contribution in [0.25, 0.3) is 0 Å². The molecule has 1 heterocycles. The zero-order chi connectivity index (χ0) is 13.7. The number of rotatable bonds is 3. The monoisotopic (exact) mass is 321 g/mol. The molecule has 2 aromatic rings. The van der Waals surface area contributed by atoms with E-state index in [0.29, 0.717) is 4.47 Å². The third-order valence-corrected chi connectivity index (χ3v) is 2.72. The van der Waals surface area contributed by atoms with Crippen molar-refractivity contribution in [2.75, 3.05) is 0 Å². The molecule has 1 aromatic carbocycles. The SMILES string of the molecule is O=C(N/N=C\c1ccc(Br)cc1F)c1ccccn1. The highest BCUT2D eigenvalue weighted by molar-refractivity contribution is 9.10. The molecule has 0 bridgehead atoms. The van der Waals surface area contributed by atoms with Gasteiger partial charge < -0.3 is 0 Å². The summed E-state index contributed by atoms with van der Waals surface area (Å²) in [6.07, 6.45) is 2.75. The Kier molecular flexibility index (Phi) is 4.35. The first-order valence-electron chi connectivity index (χ1n) is 5.36. The number of carbonyl (C=O) groups is 1. The van der Waals surface area contributed by atoms with Gasteiger partial charge in [-0.3, -0.25) is 9.78 Å². The van der Waals surface area contributed by atoms with Crippen molar-refractivity contribution in [3.63, 3.8) is 0 Å². The lowest BCUT2D eigenvalue weighted by Gasteiger charge is -1.99. The minimum Gasteiger partial charge on any atom is -0.266 e. The predicted octanol–water partition coefficient (Wildman–Crippen LogP) is 2.75. The Bertz CT molecular complexity index is 617. The van der Waals surface area contributed by atoms with Crippen LogP contribution in [0, 0.1) is 5.82 Å². The molecule has 19 heavy (non-hydrogen) atoms. The first-order valence-corrected chi connectivity index (χ1v) is 6.15. The molecule has 0 aliphatic rings. The predicted molar refractivity (Wildman–Crippen MR) is 73.4 cm³/mol. The fourth-order valence-electron chi connectivity index (χ4n) is 1.32. The molecule has 0 saturated heterocycles. The maximum atomic E-state index is 13.5. The van der Waals surface area contributed by atoms with Crippen LogP contribution in [0.2, 0.25) is 0 Å². The third-order valence-electron chi connectivity index (χ3n) is 2.23. The number of halogens is 2. The van der Waals surface area contributed by atoms with Crippen molar-refractivity contribution in [2.24, 2.45) is 5.10 Å². The van der Waals surface area contributed by atoms with Crippen molar-refractivity contribution in [3.8, 4) is 0 Å². The molecule has 1 N–H and O–H groups in total. The van der Waals surface area contributed by atoms with Crippen LogP contribution >= 0.6 is 15.9 Å². The molecular weight excluding hydrogens is 313 g/mol. The van der Waals surface area contributed by atoms with Gasteiger partial charge in [0.25, 0.3) is 5.91 Å². The van der Waals surface area contributed by atoms with Crippen molar-refractivity contribution in [1.82, 2.24) is 10.4 Å². The van der Waals surface area contributed by atoms with Crippen molar-refractivity contribution < 1.29 is 9.18 Å². The Morgan fingerprint density at radius 3 is 2.89 bits per heavy atom. The summed E-state index contributed by atoms with van der Waals surface area (Å²) in [5.41, 5.74) is 2.81. The fraction of sp³-hybridized carbons (Fsp3) is 0. The standard InChI is InChI=1S/C13H9BrFN3O/c14-10-5-4-9(11(15)7-10)8-17-18-13(19)12-3-1-2-6-16-12/h1-8H,(H,18,19)/b17-8-. The van der Waals surface area contributed by atoms with Gasteiger partial charge in [-0.05, 0) is 30.3 Å². The first kappa shape index (κ1) is 13.4. The van der Waals surface area contributed by atoms with Gasteiger partial charge in [-0.1, -0.05) is 22.0 Å². The summed E-state index contributed by atoms with van der Waals surface area (Å²) in [6, 6.07) is 9.52. The molecule has 4 nitrogen and oxygen atoms in total. The average molecular weight is 322 g/mol. The van der Waals surface area contributed by atoms with Gasteiger partial charge in [0, 0.05) is 16.2 Å². The lowest BCUT2D eigenvalue weighted by Crippen LogP contribution is -2.18. The largest absolute Gasteiger partial charge is 0.289 e. The van der Waals surface area contributed by atoms with Crippen molar-refractivity contribution in [1.29, 1.82) is 0 Å². The fourth-order valence-corrected chi connectivity index (χ4v) is 1.65. The van der Waals surface area contributed by atoms with Gasteiger partial charge in [0.2, 0.25) is 0 Å². The Morgan fingerprint density at radius 2 is 2.21 bits per heavy atom. The topological polar surface area (TPSA) is 54.4 Å². The highest BCUT2D eigenvalue weighted by Gasteiger charge is 2.04. The lowest BCUT2D eigenvalue weighted by molar-refractivity contribution is 0.0950. The number of pyridine rings is 1. The number of amides is 1. The van der Waals surface area contributed by atoms with E-state index in [9.17, 15) is 9.18 Å². The molecule has 0 aliphatic carbocycles. The van der Waals surface area contributed by atoms with Crippen LogP contribution in [0.4, 0.5) is 4.39 Å². The number of carbonyl (C=O) groups excluding carboxylic acids is 1. The Hall–Kier alpha value is -2.08. The molecule has 0 fully saturated rings. The first-order chi connectivity index (χ1) is 9.16. The van der Waals surface area contributed by atoms with Crippen LogP contribution in [0.1, 0.15) is 16.1 Å². The number of hydrogen-bond donors (Lipinski definition) is 1. The zero-order valence-corrected chi connectivity index (χ0v) is 11.3. The van der Waals surface area contributed by atoms with Gasteiger partial charge in [-0.25, -0.2) is 9.82 Å². The van der Waals surface area contributed by atoms with Gasteiger partial charge >= 0.3 is 0 Å². The van der Waals surface area contributed by atoms with Crippen LogP contribution in [0.5, 0.6) is 0 Å². The van der Waals surface area contributed by atoms with E-state index in [4.69, 9.17) is 0 Å². The van der Waals surface area contributed by atoms with E-state index in [2.05, 4.69) is 31.4 Å². The molecule has 1 aromatic heterocycles. The van der Waals surface area contributed by atoms with E-state index in [-0.39, 0.29) is 11.3 Å². The normalized spacial score (nSPS) is 10.6. The molecule has 0 radical (unpaired) electrons. The second kappa shape index (κ2) is 6.19. The summed E-state index contributed by atoms with van der Waals surface area (Å²) in [4.78, 5) is 15.5. The molecule has 96 valence electrons. The summed E-state index contributed by atoms with van der Waals surface area (Å²) in [5.74, 6) is -0.875. The summed E-state index contributed by atoms with van der Waals surface area (Å²) in [7, 11) is 0. The van der Waals surface area contributed by atoms with Gasteiger partial charge in [-0.15, -0.1) is 0 Å². The zero-order valence-electron chi connectivity index (χ0n) is 9.68. The van der Waals surface area contributed by atoms with Crippen LogP contribution < -0.4 is 5.43 Å². The summed E-state index contributed by atoms with van der Waals surface area (Å²) >= 11 is 3.16. The van der Waals surface area contributed by atoms with E-state index in [1.807, 2.05) is 0 Å². The quantitative estimate of drug-likeness (QED) is 0.698. The third kappa shape index (κ3) is 3.69. The number of benzene rings is 1. The Morgan fingerprint density at radius 1 is 1.37 bits per heavy atom.